The second-order valence-electron chi connectivity index (χ2n) is 3.44. The Hall–Kier alpha value is -1.76. The standard InChI is InChI=1S/C10H14N2O4S/c1-16-10(13)7-12(17(2,14)15)9-5-3-4-8(11)6-9/h3-6H,7,11H2,1-2H3. The Morgan fingerprint density at radius 3 is 2.59 bits per heavy atom. The summed E-state index contributed by atoms with van der Waals surface area (Å²) in [5.41, 5.74) is 6.31. The van der Waals surface area contributed by atoms with Crippen molar-refractivity contribution in [3.05, 3.63) is 24.3 Å². The number of anilines is 2. The Kier molecular flexibility index (Phi) is 3.95. The number of nitrogens with two attached hydrogens (primary N) is 1. The van der Waals surface area contributed by atoms with Crippen molar-refractivity contribution in [1.29, 1.82) is 0 Å². The van der Waals surface area contributed by atoms with Crippen LogP contribution in [0.25, 0.3) is 0 Å². The molecule has 0 aliphatic heterocycles. The van der Waals surface area contributed by atoms with Gasteiger partial charge in [-0.05, 0) is 18.2 Å². The fraction of sp³-hybridized carbons (Fsp3) is 0.300. The number of hydrogen-bond donors (Lipinski definition) is 1. The summed E-state index contributed by atoms with van der Waals surface area (Å²) >= 11 is 0. The smallest absolute Gasteiger partial charge is 0.326 e. The molecule has 1 aromatic carbocycles. The lowest BCUT2D eigenvalue weighted by Crippen LogP contribution is -2.35. The van der Waals surface area contributed by atoms with E-state index in [9.17, 15) is 13.2 Å². The van der Waals surface area contributed by atoms with Crippen LogP contribution in [0, 0.1) is 0 Å². The van der Waals surface area contributed by atoms with E-state index < -0.39 is 16.0 Å². The van der Waals surface area contributed by atoms with Gasteiger partial charge in [-0.3, -0.25) is 9.10 Å². The Bertz CT molecular complexity index is 513. The highest BCUT2D eigenvalue weighted by atomic mass is 32.2. The number of rotatable bonds is 4. The van der Waals surface area contributed by atoms with E-state index in [-0.39, 0.29) is 6.54 Å². The normalized spacial score (nSPS) is 10.9. The predicted octanol–water partition coefficient (Wildman–Crippen LogP) is 0.208. The van der Waals surface area contributed by atoms with Crippen LogP contribution < -0.4 is 10.0 Å². The molecule has 94 valence electrons. The molecule has 0 aliphatic carbocycles. The minimum atomic E-state index is -3.56. The number of sulfonamides is 1. The number of carbonyl (C=O) groups excluding carboxylic acids is 1. The van der Waals surface area contributed by atoms with Crippen molar-refractivity contribution >= 4 is 27.4 Å². The second-order valence-corrected chi connectivity index (χ2v) is 5.35. The Morgan fingerprint density at radius 2 is 2.12 bits per heavy atom. The van der Waals surface area contributed by atoms with Crippen molar-refractivity contribution in [3.8, 4) is 0 Å². The number of nitrogens with zero attached hydrogens (tertiary/aromatic N) is 1. The first-order valence-corrected chi connectivity index (χ1v) is 6.59. The molecular weight excluding hydrogens is 244 g/mol. The first-order valence-electron chi connectivity index (χ1n) is 4.74. The van der Waals surface area contributed by atoms with Gasteiger partial charge in [-0.2, -0.15) is 0 Å². The molecule has 0 bridgehead atoms. The zero-order valence-electron chi connectivity index (χ0n) is 9.58. The SMILES string of the molecule is COC(=O)CN(c1cccc(N)c1)S(C)(=O)=O. The minimum Gasteiger partial charge on any atom is -0.468 e. The van der Waals surface area contributed by atoms with E-state index in [4.69, 9.17) is 5.73 Å². The first-order chi connectivity index (χ1) is 7.84. The maximum Gasteiger partial charge on any atom is 0.326 e. The molecule has 0 fully saturated rings. The Morgan fingerprint density at radius 1 is 1.47 bits per heavy atom. The van der Waals surface area contributed by atoms with Crippen LogP contribution in [0.4, 0.5) is 11.4 Å². The van der Waals surface area contributed by atoms with Crippen molar-refractivity contribution in [2.45, 2.75) is 0 Å². The molecule has 0 amide bonds. The highest BCUT2D eigenvalue weighted by Crippen LogP contribution is 2.19. The summed E-state index contributed by atoms with van der Waals surface area (Å²) in [6, 6.07) is 6.27. The second kappa shape index (κ2) is 5.05. The average molecular weight is 258 g/mol. The Balaban J connectivity index is 3.12. The molecular formula is C10H14N2O4S. The van der Waals surface area contributed by atoms with E-state index in [1.165, 1.54) is 13.2 Å². The monoisotopic (exact) mass is 258 g/mol. The lowest BCUT2D eigenvalue weighted by molar-refractivity contribution is -0.138. The topological polar surface area (TPSA) is 89.7 Å². The van der Waals surface area contributed by atoms with Gasteiger partial charge in [-0.15, -0.1) is 0 Å². The third kappa shape index (κ3) is 3.63. The van der Waals surface area contributed by atoms with E-state index in [1.807, 2.05) is 0 Å². The van der Waals surface area contributed by atoms with Gasteiger partial charge < -0.3 is 10.5 Å². The van der Waals surface area contributed by atoms with Gasteiger partial charge in [0.2, 0.25) is 10.0 Å². The van der Waals surface area contributed by atoms with Crippen molar-refractivity contribution < 1.29 is 17.9 Å². The highest BCUT2D eigenvalue weighted by molar-refractivity contribution is 7.92. The van der Waals surface area contributed by atoms with E-state index in [2.05, 4.69) is 4.74 Å². The van der Waals surface area contributed by atoms with E-state index in [0.29, 0.717) is 11.4 Å². The van der Waals surface area contributed by atoms with Crippen LogP contribution in [0.5, 0.6) is 0 Å². The van der Waals surface area contributed by atoms with Crippen molar-refractivity contribution in [2.75, 3.05) is 29.9 Å². The van der Waals surface area contributed by atoms with E-state index >= 15 is 0 Å². The van der Waals surface area contributed by atoms with E-state index in [1.54, 1.807) is 18.2 Å². The maximum atomic E-state index is 11.6. The number of ether oxygens (including phenoxy) is 1. The lowest BCUT2D eigenvalue weighted by Gasteiger charge is -2.21. The zero-order valence-corrected chi connectivity index (χ0v) is 10.4. The molecule has 0 aromatic heterocycles. The molecule has 1 aromatic rings. The van der Waals surface area contributed by atoms with Crippen LogP contribution in [-0.2, 0) is 19.6 Å². The van der Waals surface area contributed by atoms with Crippen molar-refractivity contribution in [1.82, 2.24) is 0 Å². The van der Waals surface area contributed by atoms with Crippen molar-refractivity contribution in [2.24, 2.45) is 0 Å². The van der Waals surface area contributed by atoms with Gasteiger partial charge in [0.25, 0.3) is 0 Å². The van der Waals surface area contributed by atoms with Gasteiger partial charge in [0.15, 0.2) is 0 Å². The number of esters is 1. The number of nitrogen functional groups attached to an aromatic ring is 1. The molecule has 1 rings (SSSR count). The quantitative estimate of drug-likeness (QED) is 0.616. The van der Waals surface area contributed by atoms with Crippen LogP contribution >= 0.6 is 0 Å². The molecule has 2 N–H and O–H groups in total. The summed E-state index contributed by atoms with van der Waals surface area (Å²) in [6.45, 7) is -0.376. The summed E-state index contributed by atoms with van der Waals surface area (Å²) in [5.74, 6) is -0.641. The van der Waals surface area contributed by atoms with Gasteiger partial charge >= 0.3 is 5.97 Å². The summed E-state index contributed by atoms with van der Waals surface area (Å²) < 4.78 is 28.5. The Labute approximate surface area is 100 Å². The fourth-order valence-corrected chi connectivity index (χ4v) is 2.10. The molecule has 0 aliphatic rings. The van der Waals surface area contributed by atoms with Gasteiger partial charge in [-0.1, -0.05) is 6.07 Å². The van der Waals surface area contributed by atoms with Gasteiger partial charge in [0.05, 0.1) is 19.1 Å². The van der Waals surface area contributed by atoms with Crippen LogP contribution in [0.1, 0.15) is 0 Å². The van der Waals surface area contributed by atoms with Gasteiger partial charge in [0, 0.05) is 5.69 Å². The third-order valence-corrected chi connectivity index (χ3v) is 3.20. The lowest BCUT2D eigenvalue weighted by atomic mass is 10.3. The molecule has 0 unspecified atom stereocenters. The van der Waals surface area contributed by atoms with Gasteiger partial charge in [0.1, 0.15) is 6.54 Å². The predicted molar refractivity (Wildman–Crippen MR) is 65.1 cm³/mol. The van der Waals surface area contributed by atoms with Crippen molar-refractivity contribution in [3.63, 3.8) is 0 Å². The molecule has 0 heterocycles. The van der Waals surface area contributed by atoms with E-state index in [0.717, 1.165) is 10.6 Å². The highest BCUT2D eigenvalue weighted by Gasteiger charge is 2.21. The summed E-state index contributed by atoms with van der Waals surface area (Å²) in [4.78, 5) is 11.2. The number of methoxy groups -OCH3 is 1. The summed E-state index contributed by atoms with van der Waals surface area (Å²) in [6.07, 6.45) is 1.01. The van der Waals surface area contributed by atoms with Gasteiger partial charge in [-0.25, -0.2) is 8.42 Å². The molecule has 0 atom stereocenters. The minimum absolute atomic E-state index is 0.331. The number of benzene rings is 1. The fourth-order valence-electron chi connectivity index (χ4n) is 1.26. The molecule has 7 heteroatoms. The van der Waals surface area contributed by atoms with Crippen LogP contribution in [0.15, 0.2) is 24.3 Å². The van der Waals surface area contributed by atoms with Crippen LogP contribution in [0.3, 0.4) is 0 Å². The molecule has 0 saturated carbocycles. The van der Waals surface area contributed by atoms with Crippen LogP contribution in [-0.4, -0.2) is 34.3 Å². The number of hydrogen-bond acceptors (Lipinski definition) is 5. The summed E-state index contributed by atoms with van der Waals surface area (Å²) in [5, 5.41) is 0. The maximum absolute atomic E-state index is 11.6. The first kappa shape index (κ1) is 13.3. The summed E-state index contributed by atoms with van der Waals surface area (Å²) in [7, 11) is -2.37. The molecule has 0 saturated heterocycles. The largest absolute Gasteiger partial charge is 0.468 e. The zero-order chi connectivity index (χ0) is 13.1. The molecule has 6 nitrogen and oxygen atoms in total. The molecule has 0 radical (unpaired) electrons. The van der Waals surface area contributed by atoms with Crippen LogP contribution in [0.2, 0.25) is 0 Å². The third-order valence-electron chi connectivity index (χ3n) is 2.06. The number of carbonyl (C=O) groups is 1. The average Bonchev–Trinajstić information content (AvgIpc) is 2.23. The molecule has 17 heavy (non-hydrogen) atoms. The molecule has 0 spiro atoms.